The third-order valence-electron chi connectivity index (χ3n) is 10.9. The lowest BCUT2D eigenvalue weighted by Gasteiger charge is -2.37. The first-order valence-corrected chi connectivity index (χ1v) is 20.4. The second-order valence-electron chi connectivity index (χ2n) is 14.2. The van der Waals surface area contributed by atoms with Crippen molar-refractivity contribution in [3.05, 3.63) is 87.8 Å². The topological polar surface area (TPSA) is 128 Å². The van der Waals surface area contributed by atoms with E-state index in [0.717, 1.165) is 11.1 Å². The molecule has 13 heteroatoms. The van der Waals surface area contributed by atoms with Gasteiger partial charge in [-0.1, -0.05) is 31.2 Å². The van der Waals surface area contributed by atoms with Crippen LogP contribution in [0.15, 0.2) is 65.6 Å². The minimum atomic E-state index is -3.60. The lowest BCUT2D eigenvalue weighted by atomic mass is 9.82. The fourth-order valence-electron chi connectivity index (χ4n) is 8.41. The predicted molar refractivity (Wildman–Crippen MR) is 191 cm³/mol. The SMILES string of the molecule is COC(=O)CCCCN1C(=O)[C@]2(O[C@H](CC(=O)N3Cc4ccccc4C[C@H]3CO)[C@@H]([Si](C)(C)F)[C@@H]2C)c2cc(-n3cccc(OC)c3=O)ccc21. The van der Waals surface area contributed by atoms with E-state index in [1.54, 1.807) is 59.4 Å². The average Bonchev–Trinajstić information content (AvgIpc) is 3.54. The largest absolute Gasteiger partial charge is 0.491 e. The maximum absolute atomic E-state index is 16.6. The number of hydrogen-bond acceptors (Lipinski definition) is 8. The first-order chi connectivity index (χ1) is 24.3. The molecule has 272 valence electrons. The number of nitrogens with zero attached hydrogens (tertiary/aromatic N) is 3. The lowest BCUT2D eigenvalue weighted by Crippen LogP contribution is -2.48. The molecule has 5 atom stereocenters. The van der Waals surface area contributed by atoms with E-state index in [9.17, 15) is 24.3 Å². The van der Waals surface area contributed by atoms with Gasteiger partial charge in [0, 0.05) is 48.4 Å². The number of esters is 1. The summed E-state index contributed by atoms with van der Waals surface area (Å²) in [5.41, 5.74) is 0.856. The number of anilines is 1. The molecule has 11 nitrogen and oxygen atoms in total. The first kappa shape index (κ1) is 36.5. The zero-order chi connectivity index (χ0) is 36.7. The van der Waals surface area contributed by atoms with Gasteiger partial charge in [0.25, 0.3) is 11.5 Å². The number of carbonyl (C=O) groups excluding carboxylic acids is 3. The van der Waals surface area contributed by atoms with E-state index in [2.05, 4.69) is 0 Å². The molecule has 1 fully saturated rings. The van der Waals surface area contributed by atoms with Crippen molar-refractivity contribution in [3.63, 3.8) is 0 Å². The second-order valence-corrected chi connectivity index (χ2v) is 18.0. The normalized spacial score (nSPS) is 24.1. The number of fused-ring (bicyclic) bond motifs is 3. The predicted octanol–water partition coefficient (Wildman–Crippen LogP) is 4.65. The van der Waals surface area contributed by atoms with Gasteiger partial charge in [0.15, 0.2) is 11.4 Å². The number of aliphatic hydroxyl groups excluding tert-OH is 1. The maximum atomic E-state index is 16.6. The van der Waals surface area contributed by atoms with Gasteiger partial charge in [0.1, 0.15) is 0 Å². The standard InChI is InChI=1S/C38H46FN3O8Si/c1-24-35(51(4,5)39)32(21-33(44)42-22-26-12-7-6-11-25(26)19-28(42)23-43)50-38(24)29-20-27(40-18-10-13-31(48-2)36(40)46)15-16-30(29)41(37(38)47)17-9-8-14-34(45)49-3/h6-7,10-13,15-16,18,20,24,28,32,35,43H,8-9,14,17,19,21-23H2,1-5H3/t24-,28-,32+,35-,38+/m0/s1. The second kappa shape index (κ2) is 14.4. The molecule has 1 N–H and O–H groups in total. The summed E-state index contributed by atoms with van der Waals surface area (Å²) in [5.74, 6) is -1.50. The number of pyridine rings is 1. The molecule has 2 aromatic carbocycles. The number of halogens is 1. The molecule has 1 aromatic heterocycles. The van der Waals surface area contributed by atoms with Crippen molar-refractivity contribution in [1.82, 2.24) is 9.47 Å². The highest BCUT2D eigenvalue weighted by Crippen LogP contribution is 2.60. The van der Waals surface area contributed by atoms with E-state index in [1.165, 1.54) is 18.8 Å². The molecule has 0 aliphatic carbocycles. The van der Waals surface area contributed by atoms with Gasteiger partial charge in [0.2, 0.25) is 14.3 Å². The molecular formula is C38H46FN3O8Si. The van der Waals surface area contributed by atoms with Crippen LogP contribution < -0.4 is 15.2 Å². The Morgan fingerprint density at radius 1 is 1.06 bits per heavy atom. The quantitative estimate of drug-likeness (QED) is 0.131. The van der Waals surface area contributed by atoms with Crippen LogP contribution in [0, 0.1) is 5.92 Å². The van der Waals surface area contributed by atoms with Crippen LogP contribution >= 0.6 is 0 Å². The zero-order valence-corrected chi connectivity index (χ0v) is 30.8. The molecule has 0 unspecified atom stereocenters. The van der Waals surface area contributed by atoms with E-state index in [-0.39, 0.29) is 49.5 Å². The Kier molecular flexibility index (Phi) is 10.3. The van der Waals surface area contributed by atoms with Gasteiger partial charge in [0.05, 0.1) is 45.1 Å². The molecule has 6 rings (SSSR count). The van der Waals surface area contributed by atoms with E-state index in [0.29, 0.717) is 42.7 Å². The van der Waals surface area contributed by atoms with Crippen molar-refractivity contribution in [2.75, 3.05) is 32.3 Å². The van der Waals surface area contributed by atoms with Crippen molar-refractivity contribution < 1.29 is 37.8 Å². The highest BCUT2D eigenvalue weighted by molar-refractivity contribution is 6.72. The molecule has 2 amide bonds. The van der Waals surface area contributed by atoms with Crippen LogP contribution in [0.2, 0.25) is 18.6 Å². The average molecular weight is 720 g/mol. The van der Waals surface area contributed by atoms with E-state index in [4.69, 9.17) is 14.2 Å². The molecule has 0 saturated carbocycles. The third kappa shape index (κ3) is 6.51. The van der Waals surface area contributed by atoms with Crippen LogP contribution in [0.4, 0.5) is 9.80 Å². The summed E-state index contributed by atoms with van der Waals surface area (Å²) >= 11 is 0. The molecule has 1 saturated heterocycles. The van der Waals surface area contributed by atoms with Crippen LogP contribution in [0.25, 0.3) is 5.69 Å². The lowest BCUT2D eigenvalue weighted by molar-refractivity contribution is -0.151. The van der Waals surface area contributed by atoms with Gasteiger partial charge in [-0.15, -0.1) is 0 Å². The number of ether oxygens (including phenoxy) is 3. The van der Waals surface area contributed by atoms with Crippen molar-refractivity contribution in [3.8, 4) is 11.4 Å². The van der Waals surface area contributed by atoms with E-state index in [1.807, 2.05) is 31.2 Å². The molecular weight excluding hydrogens is 674 g/mol. The highest BCUT2D eigenvalue weighted by atomic mass is 28.4. The van der Waals surface area contributed by atoms with Gasteiger partial charge in [-0.05, 0) is 73.8 Å². The summed E-state index contributed by atoms with van der Waals surface area (Å²) in [6, 6.07) is 15.9. The Hall–Kier alpha value is -4.33. The Morgan fingerprint density at radius 3 is 2.49 bits per heavy atom. The first-order valence-electron chi connectivity index (χ1n) is 17.5. The molecule has 3 aliphatic heterocycles. The number of unbranched alkanes of at least 4 members (excludes halogenated alkanes) is 1. The number of aromatic nitrogens is 1. The van der Waals surface area contributed by atoms with Crippen LogP contribution in [0.5, 0.6) is 5.75 Å². The van der Waals surface area contributed by atoms with Crippen molar-refractivity contribution in [2.45, 2.75) is 82.0 Å². The summed E-state index contributed by atoms with van der Waals surface area (Å²) in [4.78, 5) is 57.3. The Balaban J connectivity index is 1.39. The molecule has 0 bridgehead atoms. The summed E-state index contributed by atoms with van der Waals surface area (Å²) in [6.45, 7) is 5.35. The van der Waals surface area contributed by atoms with E-state index < -0.39 is 43.2 Å². The van der Waals surface area contributed by atoms with Crippen LogP contribution in [-0.2, 0) is 42.4 Å². The van der Waals surface area contributed by atoms with Crippen molar-refractivity contribution in [1.29, 1.82) is 0 Å². The molecule has 3 aromatic rings. The number of amides is 2. The van der Waals surface area contributed by atoms with Crippen molar-refractivity contribution in [2.24, 2.45) is 5.92 Å². The third-order valence-corrected chi connectivity index (χ3v) is 13.3. The number of hydrogen-bond donors (Lipinski definition) is 1. The van der Waals surface area contributed by atoms with E-state index >= 15 is 4.11 Å². The number of benzene rings is 2. The minimum absolute atomic E-state index is 0.145. The number of rotatable bonds is 11. The van der Waals surface area contributed by atoms with Crippen molar-refractivity contribution >= 4 is 31.9 Å². The van der Waals surface area contributed by atoms with Crippen LogP contribution in [0.3, 0.4) is 0 Å². The molecule has 4 heterocycles. The monoisotopic (exact) mass is 719 g/mol. The smallest absolute Gasteiger partial charge is 0.305 e. The highest BCUT2D eigenvalue weighted by Gasteiger charge is 2.67. The fraction of sp³-hybridized carbons (Fsp3) is 0.474. The number of aliphatic hydroxyl groups is 1. The summed E-state index contributed by atoms with van der Waals surface area (Å²) in [7, 11) is -0.855. The summed E-state index contributed by atoms with van der Waals surface area (Å²) in [5, 5.41) is 10.3. The Morgan fingerprint density at radius 2 is 1.80 bits per heavy atom. The summed E-state index contributed by atoms with van der Waals surface area (Å²) in [6.07, 6.45) is 2.21. The van der Waals surface area contributed by atoms with Gasteiger partial charge >= 0.3 is 5.97 Å². The fourth-order valence-corrected chi connectivity index (χ4v) is 10.9. The number of carbonyl (C=O) groups is 3. The minimum Gasteiger partial charge on any atom is -0.491 e. The van der Waals surface area contributed by atoms with Gasteiger partial charge in [-0.3, -0.25) is 23.7 Å². The molecule has 51 heavy (non-hydrogen) atoms. The van der Waals surface area contributed by atoms with Crippen LogP contribution in [-0.4, -0.2) is 80.3 Å². The van der Waals surface area contributed by atoms with Gasteiger partial charge in [-0.25, -0.2) is 0 Å². The Labute approximate surface area is 298 Å². The zero-order valence-electron chi connectivity index (χ0n) is 29.8. The molecule has 0 radical (unpaired) electrons. The van der Waals surface area contributed by atoms with Crippen LogP contribution in [0.1, 0.15) is 49.3 Å². The van der Waals surface area contributed by atoms with Gasteiger partial charge < -0.3 is 33.2 Å². The maximum Gasteiger partial charge on any atom is 0.305 e. The summed E-state index contributed by atoms with van der Waals surface area (Å²) < 4.78 is 34.9. The molecule has 3 aliphatic rings. The molecule has 1 spiro atoms. The Bertz CT molecular complexity index is 1880. The van der Waals surface area contributed by atoms with Gasteiger partial charge in [-0.2, -0.15) is 0 Å². The number of methoxy groups -OCH3 is 2.